The number of unbranched alkanes of at least 4 members (excludes halogenated alkanes) is 9. The number of rotatable bonds is 13. The van der Waals surface area contributed by atoms with E-state index in [0.717, 1.165) is 13.0 Å². The number of aliphatic hydroxyl groups is 2. The first-order chi connectivity index (χ1) is 8.27. The molecule has 0 spiro atoms. The summed E-state index contributed by atoms with van der Waals surface area (Å²) >= 11 is 0. The molecule has 112 valence electrons. The van der Waals surface area contributed by atoms with Crippen molar-refractivity contribution in [3.63, 3.8) is 0 Å². The summed E-state index contributed by atoms with van der Waals surface area (Å²) in [4.78, 5) is 0. The SMILES string of the molecule is CCCCCCCCCCCCNCC(O)O.Cl. The lowest BCUT2D eigenvalue weighted by Gasteiger charge is -2.06. The zero-order valence-electron chi connectivity index (χ0n) is 11.9. The van der Waals surface area contributed by atoms with Gasteiger partial charge in [0.2, 0.25) is 0 Å². The van der Waals surface area contributed by atoms with Crippen molar-refractivity contribution in [2.24, 2.45) is 0 Å². The zero-order chi connectivity index (χ0) is 12.8. The highest BCUT2D eigenvalue weighted by molar-refractivity contribution is 5.85. The molecule has 0 aromatic heterocycles. The van der Waals surface area contributed by atoms with E-state index in [1.807, 2.05) is 0 Å². The summed E-state index contributed by atoms with van der Waals surface area (Å²) in [6, 6.07) is 0. The van der Waals surface area contributed by atoms with Gasteiger partial charge in [-0.2, -0.15) is 0 Å². The molecule has 0 atom stereocenters. The number of halogens is 1. The normalized spacial score (nSPS) is 10.7. The van der Waals surface area contributed by atoms with Crippen LogP contribution in [0.25, 0.3) is 0 Å². The minimum Gasteiger partial charge on any atom is -0.367 e. The Kier molecular flexibility index (Phi) is 19.5. The molecule has 0 aromatic carbocycles. The molecule has 0 rings (SSSR count). The van der Waals surface area contributed by atoms with E-state index >= 15 is 0 Å². The molecule has 0 amide bonds. The van der Waals surface area contributed by atoms with Crippen LogP contribution in [0.15, 0.2) is 0 Å². The van der Waals surface area contributed by atoms with E-state index in [1.54, 1.807) is 0 Å². The Hall–Kier alpha value is 0.170. The zero-order valence-corrected chi connectivity index (χ0v) is 12.7. The Bertz CT molecular complexity index is 146. The first kappa shape index (κ1) is 20.5. The summed E-state index contributed by atoms with van der Waals surface area (Å²) < 4.78 is 0. The Labute approximate surface area is 119 Å². The van der Waals surface area contributed by atoms with Crippen LogP contribution in [0.3, 0.4) is 0 Å². The lowest BCUT2D eigenvalue weighted by molar-refractivity contribution is -0.0370. The minimum atomic E-state index is -1.21. The number of aliphatic hydroxyl groups excluding tert-OH is 1. The molecule has 3 N–H and O–H groups in total. The van der Waals surface area contributed by atoms with E-state index in [0.29, 0.717) is 0 Å². The molecular weight excluding hydrogens is 250 g/mol. The molecule has 0 aromatic rings. The van der Waals surface area contributed by atoms with Crippen LogP contribution in [0.2, 0.25) is 0 Å². The van der Waals surface area contributed by atoms with Crippen molar-refractivity contribution in [1.82, 2.24) is 5.32 Å². The van der Waals surface area contributed by atoms with E-state index in [9.17, 15) is 0 Å². The highest BCUT2D eigenvalue weighted by atomic mass is 35.5. The molecule has 0 saturated heterocycles. The van der Waals surface area contributed by atoms with Crippen molar-refractivity contribution in [1.29, 1.82) is 0 Å². The van der Waals surface area contributed by atoms with E-state index in [-0.39, 0.29) is 19.0 Å². The lowest BCUT2D eigenvalue weighted by Crippen LogP contribution is -2.26. The van der Waals surface area contributed by atoms with Crippen molar-refractivity contribution in [2.75, 3.05) is 13.1 Å². The van der Waals surface area contributed by atoms with Gasteiger partial charge in [0.1, 0.15) is 0 Å². The molecule has 4 heteroatoms. The predicted molar refractivity (Wildman–Crippen MR) is 80.2 cm³/mol. The van der Waals surface area contributed by atoms with Gasteiger partial charge in [-0.1, -0.05) is 64.7 Å². The maximum atomic E-state index is 8.61. The van der Waals surface area contributed by atoms with Gasteiger partial charge in [-0.25, -0.2) is 0 Å². The fraction of sp³-hybridized carbons (Fsp3) is 1.00. The van der Waals surface area contributed by atoms with E-state index in [2.05, 4.69) is 12.2 Å². The molecular formula is C14H32ClNO2. The first-order valence-corrected chi connectivity index (χ1v) is 7.34. The summed E-state index contributed by atoms with van der Waals surface area (Å²) in [6.07, 6.45) is 12.2. The molecule has 0 heterocycles. The summed E-state index contributed by atoms with van der Waals surface area (Å²) in [7, 11) is 0. The van der Waals surface area contributed by atoms with Crippen LogP contribution in [0, 0.1) is 0 Å². The second-order valence-electron chi connectivity index (χ2n) is 4.87. The van der Waals surface area contributed by atoms with Crippen LogP contribution >= 0.6 is 12.4 Å². The van der Waals surface area contributed by atoms with Crippen LogP contribution in [-0.4, -0.2) is 29.6 Å². The Balaban J connectivity index is 0. The molecule has 0 fully saturated rings. The van der Waals surface area contributed by atoms with Gasteiger partial charge < -0.3 is 15.5 Å². The summed E-state index contributed by atoms with van der Waals surface area (Å²) in [5.41, 5.74) is 0. The smallest absolute Gasteiger partial charge is 0.164 e. The van der Waals surface area contributed by atoms with Gasteiger partial charge in [-0.05, 0) is 13.0 Å². The third-order valence-electron chi connectivity index (χ3n) is 3.03. The lowest BCUT2D eigenvalue weighted by atomic mass is 10.1. The monoisotopic (exact) mass is 281 g/mol. The molecule has 3 nitrogen and oxygen atoms in total. The molecule has 0 aliphatic rings. The largest absolute Gasteiger partial charge is 0.367 e. The van der Waals surface area contributed by atoms with Gasteiger partial charge in [0.15, 0.2) is 6.29 Å². The predicted octanol–water partition coefficient (Wildman–Crippen LogP) is 3.23. The average Bonchev–Trinajstić information content (AvgIpc) is 2.30. The van der Waals surface area contributed by atoms with Gasteiger partial charge in [0.25, 0.3) is 0 Å². The van der Waals surface area contributed by atoms with Crippen molar-refractivity contribution in [2.45, 2.75) is 77.4 Å². The first-order valence-electron chi connectivity index (χ1n) is 7.34. The van der Waals surface area contributed by atoms with Gasteiger partial charge in [0, 0.05) is 6.54 Å². The van der Waals surface area contributed by atoms with Crippen molar-refractivity contribution in [3.05, 3.63) is 0 Å². The fourth-order valence-electron chi connectivity index (χ4n) is 1.97. The Morgan fingerprint density at radius 1 is 0.778 bits per heavy atom. The average molecular weight is 282 g/mol. The summed E-state index contributed by atoms with van der Waals surface area (Å²) in [6.45, 7) is 3.44. The topological polar surface area (TPSA) is 52.5 Å². The van der Waals surface area contributed by atoms with Crippen molar-refractivity contribution in [3.8, 4) is 0 Å². The van der Waals surface area contributed by atoms with Crippen LogP contribution in [0.4, 0.5) is 0 Å². The van der Waals surface area contributed by atoms with Gasteiger partial charge >= 0.3 is 0 Å². The quantitative estimate of drug-likeness (QED) is 0.359. The summed E-state index contributed by atoms with van der Waals surface area (Å²) in [5.74, 6) is 0. The maximum absolute atomic E-state index is 8.61. The second kappa shape index (κ2) is 17.2. The number of nitrogens with one attached hydrogen (secondary N) is 1. The minimum absolute atomic E-state index is 0. The van der Waals surface area contributed by atoms with Crippen molar-refractivity contribution < 1.29 is 10.2 Å². The third kappa shape index (κ3) is 18.5. The fourth-order valence-corrected chi connectivity index (χ4v) is 1.97. The van der Waals surface area contributed by atoms with E-state index < -0.39 is 6.29 Å². The maximum Gasteiger partial charge on any atom is 0.164 e. The van der Waals surface area contributed by atoms with Crippen LogP contribution in [0.5, 0.6) is 0 Å². The van der Waals surface area contributed by atoms with Gasteiger partial charge in [-0.3, -0.25) is 0 Å². The summed E-state index contributed by atoms with van der Waals surface area (Å²) in [5, 5.41) is 20.2. The Morgan fingerprint density at radius 2 is 1.22 bits per heavy atom. The van der Waals surface area contributed by atoms with E-state index in [1.165, 1.54) is 57.8 Å². The molecule has 0 saturated carbocycles. The van der Waals surface area contributed by atoms with Gasteiger partial charge in [-0.15, -0.1) is 12.4 Å². The molecule has 0 aliphatic heterocycles. The Morgan fingerprint density at radius 3 is 1.67 bits per heavy atom. The second-order valence-corrected chi connectivity index (χ2v) is 4.87. The molecule has 0 bridgehead atoms. The highest BCUT2D eigenvalue weighted by Crippen LogP contribution is 2.10. The van der Waals surface area contributed by atoms with Crippen LogP contribution in [-0.2, 0) is 0 Å². The highest BCUT2D eigenvalue weighted by Gasteiger charge is 1.95. The number of hydrogen-bond donors (Lipinski definition) is 3. The standard InChI is InChI=1S/C14H31NO2.ClH/c1-2-3-4-5-6-7-8-9-10-11-12-15-13-14(16)17;/h14-17H,2-13H2,1H3;1H. The van der Waals surface area contributed by atoms with Crippen molar-refractivity contribution >= 4 is 12.4 Å². The molecule has 0 aliphatic carbocycles. The molecule has 0 radical (unpaired) electrons. The third-order valence-corrected chi connectivity index (χ3v) is 3.03. The molecule has 18 heavy (non-hydrogen) atoms. The van der Waals surface area contributed by atoms with Gasteiger partial charge in [0.05, 0.1) is 0 Å². The number of hydrogen-bond acceptors (Lipinski definition) is 3. The van der Waals surface area contributed by atoms with E-state index in [4.69, 9.17) is 10.2 Å². The van der Waals surface area contributed by atoms with Crippen LogP contribution < -0.4 is 5.32 Å². The molecule has 0 unspecified atom stereocenters. The van der Waals surface area contributed by atoms with Crippen LogP contribution in [0.1, 0.15) is 71.1 Å².